The summed E-state index contributed by atoms with van der Waals surface area (Å²) < 4.78 is 86.3. The molecular formula is C12H11F6FeO5P-. The van der Waals surface area contributed by atoms with E-state index in [4.69, 9.17) is 14.0 Å². The Morgan fingerprint density at radius 2 is 1.40 bits per heavy atom. The number of hydrogen-bond acceptors (Lipinski definition) is 2. The van der Waals surface area contributed by atoms with Gasteiger partial charge in [0.1, 0.15) is 0 Å². The minimum absolute atomic E-state index is 0. The van der Waals surface area contributed by atoms with Crippen LogP contribution >= 0.6 is 7.81 Å². The van der Waals surface area contributed by atoms with Gasteiger partial charge >= 0.3 is 72.9 Å². The SMILES string of the molecule is COC(=O)C1=C[CH]C=CCC1.F[P-](F)(F)(F)(F)F.[C-]#[O+].[C-]#[O+].[C-]#[O+].[Fe]. The predicted molar refractivity (Wildman–Crippen MR) is 68.1 cm³/mol. The molecule has 1 rings (SSSR count). The quantitative estimate of drug-likeness (QED) is 0.146. The van der Waals surface area contributed by atoms with Crippen molar-refractivity contribution in [1.82, 2.24) is 0 Å². The van der Waals surface area contributed by atoms with Crippen LogP contribution in [0, 0.1) is 26.4 Å². The van der Waals surface area contributed by atoms with Crippen molar-refractivity contribution in [1.29, 1.82) is 0 Å². The summed E-state index contributed by atoms with van der Waals surface area (Å²) in [4.78, 5) is 11.0. The molecule has 0 aromatic carbocycles. The van der Waals surface area contributed by atoms with Gasteiger partial charge in [-0.2, -0.15) is 0 Å². The second-order valence-electron chi connectivity index (χ2n) is 3.30. The molecule has 0 amide bonds. The molecule has 13 heteroatoms. The van der Waals surface area contributed by atoms with Crippen molar-refractivity contribution in [3.8, 4) is 0 Å². The Kier molecular flexibility index (Phi) is 20.9. The predicted octanol–water partition coefficient (Wildman–Crippen LogP) is 4.91. The first kappa shape index (κ1) is 34.9. The van der Waals surface area contributed by atoms with Gasteiger partial charge in [-0.25, -0.2) is 4.79 Å². The number of ether oxygens (including phenoxy) is 1. The van der Waals surface area contributed by atoms with E-state index >= 15 is 0 Å². The average molecular weight is 436 g/mol. The Balaban J connectivity index is -0.0000000833. The van der Waals surface area contributed by atoms with Crippen LogP contribution < -0.4 is 0 Å². The van der Waals surface area contributed by atoms with Crippen LogP contribution in [0.4, 0.5) is 25.2 Å². The summed E-state index contributed by atoms with van der Waals surface area (Å²) in [5.74, 6) is -0.218. The minimum atomic E-state index is -10.7. The molecule has 0 heterocycles. The number of methoxy groups -OCH3 is 1. The summed E-state index contributed by atoms with van der Waals surface area (Å²) >= 11 is 0. The van der Waals surface area contributed by atoms with Crippen molar-refractivity contribution in [3.05, 3.63) is 50.2 Å². The summed E-state index contributed by atoms with van der Waals surface area (Å²) in [5.41, 5.74) is 0.748. The van der Waals surface area contributed by atoms with Gasteiger partial charge < -0.3 is 4.74 Å². The van der Waals surface area contributed by atoms with E-state index in [2.05, 4.69) is 24.7 Å². The van der Waals surface area contributed by atoms with Crippen molar-refractivity contribution in [3.63, 3.8) is 0 Å². The van der Waals surface area contributed by atoms with E-state index in [9.17, 15) is 30.0 Å². The molecule has 0 aliphatic heterocycles. The number of hydrogen-bond donors (Lipinski definition) is 0. The molecule has 0 saturated heterocycles. The van der Waals surface area contributed by atoms with Crippen molar-refractivity contribution in [2.24, 2.45) is 0 Å². The molecular weight excluding hydrogens is 425 g/mol. The fourth-order valence-electron chi connectivity index (χ4n) is 0.970. The molecule has 25 heavy (non-hydrogen) atoms. The second kappa shape index (κ2) is 15.0. The van der Waals surface area contributed by atoms with Gasteiger partial charge in [0.2, 0.25) is 0 Å². The first-order chi connectivity index (χ1) is 10.8. The monoisotopic (exact) mass is 436 g/mol. The molecule has 5 nitrogen and oxygen atoms in total. The summed E-state index contributed by atoms with van der Waals surface area (Å²) in [6, 6.07) is 0. The zero-order valence-electron chi connectivity index (χ0n) is 12.3. The van der Waals surface area contributed by atoms with Gasteiger partial charge in [0.05, 0.1) is 7.11 Å². The molecule has 1 aliphatic rings. The maximum Gasteiger partial charge on any atom is 0 e. The molecule has 0 atom stereocenters. The molecule has 0 fully saturated rings. The van der Waals surface area contributed by atoms with Gasteiger partial charge in [-0.05, 0) is 12.8 Å². The van der Waals surface area contributed by atoms with Gasteiger partial charge in [0.25, 0.3) is 0 Å². The van der Waals surface area contributed by atoms with Gasteiger partial charge in [-0.1, -0.05) is 18.2 Å². The fraction of sp³-hybridized carbons (Fsp3) is 0.250. The third-order valence-electron chi connectivity index (χ3n) is 1.57. The van der Waals surface area contributed by atoms with Gasteiger partial charge in [-0.15, -0.1) is 0 Å². The molecule has 0 unspecified atom stereocenters. The van der Waals surface area contributed by atoms with Crippen LogP contribution in [-0.2, 0) is 40.6 Å². The van der Waals surface area contributed by atoms with E-state index in [0.29, 0.717) is 0 Å². The molecule has 1 radical (unpaired) electrons. The second-order valence-corrected chi connectivity index (χ2v) is 5.22. The molecule has 0 aromatic heterocycles. The summed E-state index contributed by atoms with van der Waals surface area (Å²) in [6.45, 7) is 13.5. The smallest absolute Gasteiger partial charge is 0 e. The standard InChI is InChI=1S/C9H11O2.3CO.F6P.Fe/c1-11-9(10)8-6-4-2-3-5-7-8;3*1-2;1-7(2,3,4,5)6;/h2-4,6H,5,7H2,1H3;;;;;/q;;;;-1;. The van der Waals surface area contributed by atoms with Crippen molar-refractivity contribution in [2.75, 3.05) is 7.11 Å². The Morgan fingerprint density at radius 3 is 1.72 bits per heavy atom. The molecule has 0 aromatic rings. The van der Waals surface area contributed by atoms with E-state index in [1.54, 1.807) is 6.08 Å². The minimum Gasteiger partial charge on any atom is 0 e. The van der Waals surface area contributed by atoms with Crippen LogP contribution in [0.1, 0.15) is 12.8 Å². The molecule has 145 valence electrons. The average Bonchev–Trinajstić information content (AvgIpc) is 2.78. The number of halogens is 6. The van der Waals surface area contributed by atoms with E-state index in [1.165, 1.54) is 7.11 Å². The van der Waals surface area contributed by atoms with E-state index < -0.39 is 7.81 Å². The van der Waals surface area contributed by atoms with Crippen LogP contribution in [0.5, 0.6) is 0 Å². The summed E-state index contributed by atoms with van der Waals surface area (Å²) in [5, 5.41) is 0. The fourth-order valence-corrected chi connectivity index (χ4v) is 0.970. The largest absolute Gasteiger partial charge is 0 e. The topological polar surface area (TPSA) is 86.0 Å². The van der Waals surface area contributed by atoms with Crippen molar-refractivity contribution >= 4 is 13.8 Å². The Morgan fingerprint density at radius 1 is 1.04 bits per heavy atom. The van der Waals surface area contributed by atoms with Gasteiger partial charge in [-0.3, -0.25) is 0 Å². The number of carbonyl (C=O) groups excluding carboxylic acids is 1. The zero-order chi connectivity index (χ0) is 20.5. The molecule has 1 aliphatic carbocycles. The zero-order valence-corrected chi connectivity index (χ0v) is 14.3. The van der Waals surface area contributed by atoms with Crippen molar-refractivity contribution in [2.45, 2.75) is 12.8 Å². The normalized spacial score (nSPS) is 14.2. The number of carbonyl (C=O) groups is 1. The Labute approximate surface area is 150 Å². The summed E-state index contributed by atoms with van der Waals surface area (Å²) in [6.07, 6.45) is 9.33. The van der Waals surface area contributed by atoms with Crippen LogP contribution in [-0.4, -0.2) is 13.1 Å². The number of allylic oxidation sites excluding steroid dienone is 3. The molecule has 0 N–H and O–H groups in total. The number of esters is 1. The maximum atomic E-state index is 11.0. The third-order valence-corrected chi connectivity index (χ3v) is 1.57. The third kappa shape index (κ3) is 51.8. The van der Waals surface area contributed by atoms with Crippen molar-refractivity contribution < 1.29 is 65.7 Å². The Bertz CT molecular complexity index is 467. The van der Waals surface area contributed by atoms with Crippen LogP contribution in [0.25, 0.3) is 0 Å². The molecule has 0 bridgehead atoms. The van der Waals surface area contributed by atoms with Crippen LogP contribution in [0.15, 0.2) is 23.8 Å². The van der Waals surface area contributed by atoms with Gasteiger partial charge in [0.15, 0.2) is 0 Å². The van der Waals surface area contributed by atoms with E-state index in [0.717, 1.165) is 18.4 Å². The first-order valence-corrected chi connectivity index (χ1v) is 7.27. The van der Waals surface area contributed by atoms with Crippen LogP contribution in [0.3, 0.4) is 0 Å². The maximum absolute atomic E-state index is 11.0. The summed E-state index contributed by atoms with van der Waals surface area (Å²) in [7, 11) is -9.25. The Hall–Kier alpha value is -1.30. The van der Waals surface area contributed by atoms with Crippen LogP contribution in [0.2, 0.25) is 0 Å². The van der Waals surface area contributed by atoms with Gasteiger partial charge in [0, 0.05) is 29.1 Å². The van der Waals surface area contributed by atoms with E-state index in [1.807, 2.05) is 18.6 Å². The molecule has 0 saturated carbocycles. The van der Waals surface area contributed by atoms with E-state index in [-0.39, 0.29) is 23.0 Å². The first-order valence-electron chi connectivity index (χ1n) is 5.24. The molecule has 0 spiro atoms. The number of rotatable bonds is 1.